The third-order valence-electron chi connectivity index (χ3n) is 2.49. The van der Waals surface area contributed by atoms with Crippen molar-refractivity contribution in [2.75, 3.05) is 13.2 Å². The summed E-state index contributed by atoms with van der Waals surface area (Å²) < 4.78 is 5.41. The van der Waals surface area contributed by atoms with E-state index in [1.54, 1.807) is 0 Å². The van der Waals surface area contributed by atoms with Gasteiger partial charge in [0, 0.05) is 6.04 Å². The van der Waals surface area contributed by atoms with Crippen LogP contribution in [0.25, 0.3) is 0 Å². The summed E-state index contributed by atoms with van der Waals surface area (Å²) in [6, 6.07) is 8.62. The maximum Gasteiger partial charge on any atom is 0.119 e. The van der Waals surface area contributed by atoms with Gasteiger partial charge in [-0.3, -0.25) is 0 Å². The number of hydrogen-bond donors (Lipinski definition) is 1. The van der Waals surface area contributed by atoms with Gasteiger partial charge in [-0.15, -0.1) is 6.58 Å². The molecule has 0 amide bonds. The van der Waals surface area contributed by atoms with Crippen molar-refractivity contribution in [1.29, 1.82) is 0 Å². The molecule has 0 fully saturated rings. The van der Waals surface area contributed by atoms with E-state index in [1.807, 2.05) is 25.1 Å². The fraction of sp³-hybridized carbons (Fsp3) is 0.429. The summed E-state index contributed by atoms with van der Waals surface area (Å²) in [5, 5.41) is 3.44. The summed E-state index contributed by atoms with van der Waals surface area (Å²) in [5.74, 6) is 0.935. The molecule has 0 spiro atoms. The zero-order valence-corrected chi connectivity index (χ0v) is 10.2. The SMILES string of the molecule is C=CCCNC(C)c1ccc(OCC)cc1. The highest BCUT2D eigenvalue weighted by Gasteiger charge is 2.03. The van der Waals surface area contributed by atoms with Crippen molar-refractivity contribution in [3.05, 3.63) is 42.5 Å². The van der Waals surface area contributed by atoms with Crippen LogP contribution in [0.1, 0.15) is 31.9 Å². The van der Waals surface area contributed by atoms with E-state index in [9.17, 15) is 0 Å². The average molecular weight is 219 g/mol. The van der Waals surface area contributed by atoms with Crippen molar-refractivity contribution < 1.29 is 4.74 Å². The van der Waals surface area contributed by atoms with Gasteiger partial charge in [-0.05, 0) is 44.5 Å². The normalized spacial score (nSPS) is 12.1. The van der Waals surface area contributed by atoms with Crippen molar-refractivity contribution >= 4 is 0 Å². The Kier molecular flexibility index (Phi) is 5.65. The zero-order chi connectivity index (χ0) is 11.8. The molecule has 1 rings (SSSR count). The Morgan fingerprint density at radius 1 is 1.38 bits per heavy atom. The van der Waals surface area contributed by atoms with Crippen LogP contribution < -0.4 is 10.1 Å². The van der Waals surface area contributed by atoms with E-state index in [2.05, 4.69) is 31.0 Å². The first kappa shape index (κ1) is 12.8. The van der Waals surface area contributed by atoms with Crippen LogP contribution in [-0.2, 0) is 0 Å². The molecule has 1 unspecified atom stereocenters. The van der Waals surface area contributed by atoms with Crippen molar-refractivity contribution in [2.24, 2.45) is 0 Å². The summed E-state index contributed by atoms with van der Waals surface area (Å²) in [6.07, 6.45) is 2.93. The van der Waals surface area contributed by atoms with Crippen LogP contribution in [0.4, 0.5) is 0 Å². The number of ether oxygens (including phenoxy) is 1. The van der Waals surface area contributed by atoms with Crippen LogP contribution in [0.2, 0.25) is 0 Å². The molecule has 88 valence electrons. The lowest BCUT2D eigenvalue weighted by Crippen LogP contribution is -2.19. The van der Waals surface area contributed by atoms with Crippen molar-refractivity contribution in [3.8, 4) is 5.75 Å². The third-order valence-corrected chi connectivity index (χ3v) is 2.49. The van der Waals surface area contributed by atoms with Crippen molar-refractivity contribution in [3.63, 3.8) is 0 Å². The van der Waals surface area contributed by atoms with Crippen LogP contribution >= 0.6 is 0 Å². The molecule has 0 aliphatic rings. The van der Waals surface area contributed by atoms with Gasteiger partial charge in [0.2, 0.25) is 0 Å². The quantitative estimate of drug-likeness (QED) is 0.561. The second kappa shape index (κ2) is 7.07. The molecule has 2 heteroatoms. The zero-order valence-electron chi connectivity index (χ0n) is 10.2. The highest BCUT2D eigenvalue weighted by atomic mass is 16.5. The molecule has 0 aromatic heterocycles. The lowest BCUT2D eigenvalue weighted by molar-refractivity contribution is 0.340. The van der Waals surface area contributed by atoms with E-state index in [4.69, 9.17) is 4.74 Å². The fourth-order valence-corrected chi connectivity index (χ4v) is 1.54. The Morgan fingerprint density at radius 3 is 2.62 bits per heavy atom. The Balaban J connectivity index is 2.48. The molecule has 1 aromatic rings. The summed E-state index contributed by atoms with van der Waals surface area (Å²) in [7, 11) is 0. The first-order valence-electron chi connectivity index (χ1n) is 5.85. The van der Waals surface area contributed by atoms with Crippen LogP contribution in [0.5, 0.6) is 5.75 Å². The van der Waals surface area contributed by atoms with Gasteiger partial charge < -0.3 is 10.1 Å². The molecule has 0 radical (unpaired) electrons. The van der Waals surface area contributed by atoms with E-state index >= 15 is 0 Å². The monoisotopic (exact) mass is 219 g/mol. The van der Waals surface area contributed by atoms with E-state index in [1.165, 1.54) is 5.56 Å². The summed E-state index contributed by atoms with van der Waals surface area (Å²) in [5.41, 5.74) is 1.28. The van der Waals surface area contributed by atoms with Crippen LogP contribution in [-0.4, -0.2) is 13.2 Å². The van der Waals surface area contributed by atoms with Crippen molar-refractivity contribution in [2.45, 2.75) is 26.3 Å². The van der Waals surface area contributed by atoms with Crippen LogP contribution in [0.3, 0.4) is 0 Å². The molecule has 0 bridgehead atoms. The molecular formula is C14H21NO. The summed E-state index contributed by atoms with van der Waals surface area (Å²) in [4.78, 5) is 0. The molecule has 2 nitrogen and oxygen atoms in total. The van der Waals surface area contributed by atoms with Crippen LogP contribution in [0, 0.1) is 0 Å². The number of rotatable bonds is 7. The van der Waals surface area contributed by atoms with Gasteiger partial charge in [0.15, 0.2) is 0 Å². The average Bonchev–Trinajstić information content (AvgIpc) is 2.30. The maximum atomic E-state index is 5.41. The molecule has 1 N–H and O–H groups in total. The Labute approximate surface area is 98.3 Å². The molecule has 1 atom stereocenters. The minimum absolute atomic E-state index is 0.371. The molecule has 0 aliphatic heterocycles. The number of benzene rings is 1. The lowest BCUT2D eigenvalue weighted by atomic mass is 10.1. The summed E-state index contributed by atoms with van der Waals surface area (Å²) >= 11 is 0. The van der Waals surface area contributed by atoms with Gasteiger partial charge in [-0.2, -0.15) is 0 Å². The predicted molar refractivity (Wildman–Crippen MR) is 68.8 cm³/mol. The molecule has 0 saturated heterocycles. The van der Waals surface area contributed by atoms with E-state index in [-0.39, 0.29) is 0 Å². The first-order valence-corrected chi connectivity index (χ1v) is 5.85. The number of nitrogens with one attached hydrogen (secondary N) is 1. The van der Waals surface area contributed by atoms with E-state index in [0.717, 1.165) is 18.7 Å². The highest BCUT2D eigenvalue weighted by molar-refractivity contribution is 5.28. The molecular weight excluding hydrogens is 198 g/mol. The van der Waals surface area contributed by atoms with Gasteiger partial charge in [0.25, 0.3) is 0 Å². The van der Waals surface area contributed by atoms with Gasteiger partial charge >= 0.3 is 0 Å². The molecule has 0 aliphatic carbocycles. The molecule has 0 heterocycles. The largest absolute Gasteiger partial charge is 0.494 e. The maximum absolute atomic E-state index is 5.41. The predicted octanol–water partition coefficient (Wildman–Crippen LogP) is 3.31. The minimum atomic E-state index is 0.371. The Hall–Kier alpha value is -1.28. The lowest BCUT2D eigenvalue weighted by Gasteiger charge is -2.14. The van der Waals surface area contributed by atoms with Crippen LogP contribution in [0.15, 0.2) is 36.9 Å². The Bertz CT molecular complexity index is 305. The molecule has 0 saturated carbocycles. The van der Waals surface area contributed by atoms with Gasteiger partial charge in [-0.25, -0.2) is 0 Å². The second-order valence-corrected chi connectivity index (χ2v) is 3.76. The number of hydrogen-bond acceptors (Lipinski definition) is 2. The van der Waals surface area contributed by atoms with E-state index in [0.29, 0.717) is 12.6 Å². The van der Waals surface area contributed by atoms with Gasteiger partial charge in [-0.1, -0.05) is 18.2 Å². The fourth-order valence-electron chi connectivity index (χ4n) is 1.54. The van der Waals surface area contributed by atoms with Crippen molar-refractivity contribution in [1.82, 2.24) is 5.32 Å². The summed E-state index contributed by atoms with van der Waals surface area (Å²) in [6.45, 7) is 9.55. The first-order chi connectivity index (χ1) is 7.77. The van der Waals surface area contributed by atoms with Gasteiger partial charge in [0.1, 0.15) is 5.75 Å². The minimum Gasteiger partial charge on any atom is -0.494 e. The highest BCUT2D eigenvalue weighted by Crippen LogP contribution is 2.17. The third kappa shape index (κ3) is 4.07. The molecule has 1 aromatic carbocycles. The van der Waals surface area contributed by atoms with Gasteiger partial charge in [0.05, 0.1) is 6.61 Å². The Morgan fingerprint density at radius 2 is 2.06 bits per heavy atom. The standard InChI is InChI=1S/C14H21NO/c1-4-6-11-15-12(3)13-7-9-14(10-8-13)16-5-2/h4,7-10,12,15H,1,5-6,11H2,2-3H3. The van der Waals surface area contributed by atoms with E-state index < -0.39 is 0 Å². The molecule has 16 heavy (non-hydrogen) atoms. The smallest absolute Gasteiger partial charge is 0.119 e. The second-order valence-electron chi connectivity index (χ2n) is 3.76. The topological polar surface area (TPSA) is 21.3 Å².